The number of anilines is 2. The lowest BCUT2D eigenvalue weighted by molar-refractivity contribution is -0.137. The zero-order valence-electron chi connectivity index (χ0n) is 19.2. The van der Waals surface area contributed by atoms with Gasteiger partial charge in [-0.15, -0.1) is 0 Å². The van der Waals surface area contributed by atoms with Crippen LogP contribution in [0.2, 0.25) is 0 Å². The molecule has 8 nitrogen and oxygen atoms in total. The van der Waals surface area contributed by atoms with Crippen molar-refractivity contribution in [3.8, 4) is 11.5 Å². The lowest BCUT2D eigenvalue weighted by Crippen LogP contribution is -2.31. The first-order chi connectivity index (χ1) is 17.8. The van der Waals surface area contributed by atoms with Crippen LogP contribution in [0.3, 0.4) is 0 Å². The number of carbonyl (C=O) groups is 2. The van der Waals surface area contributed by atoms with Crippen molar-refractivity contribution < 1.29 is 32.2 Å². The molecule has 1 N–H and O–H groups in total. The van der Waals surface area contributed by atoms with Crippen LogP contribution in [0.5, 0.6) is 11.5 Å². The highest BCUT2D eigenvalue weighted by Gasteiger charge is 2.41. The Bertz CT molecular complexity index is 1550. The van der Waals surface area contributed by atoms with Crippen LogP contribution in [0.25, 0.3) is 11.0 Å². The number of para-hydroxylation sites is 2. The van der Waals surface area contributed by atoms with Crippen LogP contribution in [0.4, 0.5) is 24.8 Å². The molecule has 1 aromatic heterocycles. The minimum absolute atomic E-state index is 0.00167. The fourth-order valence-electron chi connectivity index (χ4n) is 4.63. The van der Waals surface area contributed by atoms with Crippen molar-refractivity contribution in [1.29, 1.82) is 0 Å². The summed E-state index contributed by atoms with van der Waals surface area (Å²) in [7, 11) is 0. The van der Waals surface area contributed by atoms with Crippen LogP contribution < -0.4 is 19.7 Å². The molecule has 4 aromatic rings. The standard InChI is InChI=1S/C26H19F3N4O4/c27-26(28,29)16-4-3-5-17(11-16)30-23(34)12-20-24(35)32(13-15-8-9-21-22(10-15)37-14-36-21)25-31-18-6-1-2-7-19(18)33(20)25/h1-11,20H,12-14H2,(H,30,34). The molecule has 1 unspecified atom stereocenters. The fourth-order valence-corrected chi connectivity index (χ4v) is 4.63. The van der Waals surface area contributed by atoms with E-state index in [1.165, 1.54) is 17.0 Å². The molecule has 0 aliphatic carbocycles. The van der Waals surface area contributed by atoms with Crippen molar-refractivity contribution in [1.82, 2.24) is 9.55 Å². The normalized spacial score (nSPS) is 16.4. The van der Waals surface area contributed by atoms with Gasteiger partial charge in [0.25, 0.3) is 5.91 Å². The summed E-state index contributed by atoms with van der Waals surface area (Å²) in [5.74, 6) is 0.653. The van der Waals surface area contributed by atoms with E-state index < -0.39 is 23.7 Å². The van der Waals surface area contributed by atoms with E-state index >= 15 is 0 Å². The number of imidazole rings is 1. The second-order valence-electron chi connectivity index (χ2n) is 8.73. The largest absolute Gasteiger partial charge is 0.454 e. The lowest BCUT2D eigenvalue weighted by Gasteiger charge is -2.16. The maximum absolute atomic E-state index is 13.6. The summed E-state index contributed by atoms with van der Waals surface area (Å²) in [4.78, 5) is 32.6. The number of benzene rings is 3. The molecule has 2 aliphatic heterocycles. The van der Waals surface area contributed by atoms with Gasteiger partial charge in [-0.05, 0) is 48.0 Å². The molecular formula is C26H19F3N4O4. The average molecular weight is 508 g/mol. The Morgan fingerprint density at radius 3 is 2.68 bits per heavy atom. The van der Waals surface area contributed by atoms with E-state index in [9.17, 15) is 22.8 Å². The Morgan fingerprint density at radius 2 is 1.84 bits per heavy atom. The van der Waals surface area contributed by atoms with Crippen LogP contribution in [-0.4, -0.2) is 28.2 Å². The predicted octanol–water partition coefficient (Wildman–Crippen LogP) is 4.90. The van der Waals surface area contributed by atoms with Crippen molar-refractivity contribution in [3.63, 3.8) is 0 Å². The molecule has 0 bridgehead atoms. The van der Waals surface area contributed by atoms with Crippen LogP contribution >= 0.6 is 0 Å². The van der Waals surface area contributed by atoms with E-state index in [-0.39, 0.29) is 31.4 Å². The van der Waals surface area contributed by atoms with Crippen molar-refractivity contribution in [3.05, 3.63) is 77.9 Å². The number of ether oxygens (including phenoxy) is 2. The van der Waals surface area contributed by atoms with Gasteiger partial charge >= 0.3 is 6.18 Å². The maximum atomic E-state index is 13.6. The second-order valence-corrected chi connectivity index (χ2v) is 8.73. The third-order valence-electron chi connectivity index (χ3n) is 6.31. The Morgan fingerprint density at radius 1 is 1.03 bits per heavy atom. The number of halogens is 3. The number of fused-ring (bicyclic) bond motifs is 4. The first kappa shape index (κ1) is 22.9. The van der Waals surface area contributed by atoms with Gasteiger partial charge in [0.15, 0.2) is 11.5 Å². The molecular weight excluding hydrogens is 489 g/mol. The van der Waals surface area contributed by atoms with Crippen LogP contribution in [0, 0.1) is 0 Å². The van der Waals surface area contributed by atoms with Crippen LogP contribution in [0.1, 0.15) is 23.6 Å². The molecule has 3 aromatic carbocycles. The Kier molecular flexibility index (Phi) is 5.28. The highest BCUT2D eigenvalue weighted by molar-refractivity contribution is 6.05. The summed E-state index contributed by atoms with van der Waals surface area (Å²) in [6.07, 6.45) is -4.82. The number of hydrogen-bond donors (Lipinski definition) is 1. The highest BCUT2D eigenvalue weighted by atomic mass is 19.4. The molecule has 2 aliphatic rings. The zero-order valence-corrected chi connectivity index (χ0v) is 19.2. The monoisotopic (exact) mass is 508 g/mol. The summed E-state index contributed by atoms with van der Waals surface area (Å²) in [6.45, 7) is 0.310. The van der Waals surface area contributed by atoms with E-state index in [4.69, 9.17) is 9.47 Å². The Balaban J connectivity index is 1.29. The van der Waals surface area contributed by atoms with E-state index in [1.54, 1.807) is 22.8 Å². The van der Waals surface area contributed by atoms with E-state index in [0.29, 0.717) is 28.5 Å². The molecule has 6 rings (SSSR count). The molecule has 0 saturated heterocycles. The van der Waals surface area contributed by atoms with Gasteiger partial charge < -0.3 is 14.8 Å². The minimum Gasteiger partial charge on any atom is -0.454 e. The molecule has 0 fully saturated rings. The quantitative estimate of drug-likeness (QED) is 0.415. The molecule has 188 valence electrons. The van der Waals surface area contributed by atoms with Crippen molar-refractivity contribution in [2.75, 3.05) is 17.0 Å². The molecule has 37 heavy (non-hydrogen) atoms. The van der Waals surface area contributed by atoms with Gasteiger partial charge in [0.1, 0.15) is 6.04 Å². The topological polar surface area (TPSA) is 85.7 Å². The summed E-state index contributed by atoms with van der Waals surface area (Å²) in [5.41, 5.74) is 1.24. The first-order valence-electron chi connectivity index (χ1n) is 11.4. The van der Waals surface area contributed by atoms with Gasteiger partial charge in [-0.25, -0.2) is 4.98 Å². The van der Waals surface area contributed by atoms with E-state index in [0.717, 1.165) is 17.7 Å². The van der Waals surface area contributed by atoms with Crippen LogP contribution in [-0.2, 0) is 22.3 Å². The fraction of sp³-hybridized carbons (Fsp3) is 0.192. The van der Waals surface area contributed by atoms with Crippen molar-refractivity contribution in [2.24, 2.45) is 0 Å². The Labute approximate surface area is 208 Å². The molecule has 2 amide bonds. The summed E-state index contributed by atoms with van der Waals surface area (Å²) >= 11 is 0. The number of alkyl halides is 3. The Hall–Kier alpha value is -4.54. The van der Waals surface area contributed by atoms with E-state index in [1.807, 2.05) is 24.3 Å². The molecule has 0 spiro atoms. The van der Waals surface area contributed by atoms with Gasteiger partial charge in [0, 0.05) is 5.69 Å². The average Bonchev–Trinajstić information content (AvgIpc) is 3.54. The van der Waals surface area contributed by atoms with Crippen LogP contribution in [0.15, 0.2) is 66.7 Å². The molecule has 0 radical (unpaired) electrons. The lowest BCUT2D eigenvalue weighted by atomic mass is 10.1. The number of rotatable bonds is 5. The third kappa shape index (κ3) is 4.11. The molecule has 3 heterocycles. The maximum Gasteiger partial charge on any atom is 0.416 e. The first-order valence-corrected chi connectivity index (χ1v) is 11.4. The molecule has 1 atom stereocenters. The summed E-state index contributed by atoms with van der Waals surface area (Å²) in [6, 6.07) is 16.1. The van der Waals surface area contributed by atoms with Gasteiger partial charge in [0.05, 0.1) is 29.6 Å². The number of aromatic nitrogens is 2. The molecule has 0 saturated carbocycles. The number of amides is 2. The predicted molar refractivity (Wildman–Crippen MR) is 127 cm³/mol. The number of nitrogens with zero attached hydrogens (tertiary/aromatic N) is 3. The van der Waals surface area contributed by atoms with Gasteiger partial charge in [-0.2, -0.15) is 13.2 Å². The minimum atomic E-state index is -4.54. The highest BCUT2D eigenvalue weighted by Crippen LogP contribution is 2.39. The van der Waals surface area contributed by atoms with Gasteiger partial charge in [-0.3, -0.25) is 19.1 Å². The number of nitrogens with one attached hydrogen (secondary N) is 1. The zero-order chi connectivity index (χ0) is 25.7. The second kappa shape index (κ2) is 8.54. The third-order valence-corrected chi connectivity index (χ3v) is 6.31. The number of carbonyl (C=O) groups excluding carboxylic acids is 2. The van der Waals surface area contributed by atoms with Crippen molar-refractivity contribution >= 4 is 34.5 Å². The smallest absolute Gasteiger partial charge is 0.416 e. The molecule has 11 heteroatoms. The summed E-state index contributed by atoms with van der Waals surface area (Å²) in [5, 5.41) is 2.49. The van der Waals surface area contributed by atoms with Gasteiger partial charge in [0.2, 0.25) is 18.6 Å². The van der Waals surface area contributed by atoms with Crippen molar-refractivity contribution in [2.45, 2.75) is 25.2 Å². The summed E-state index contributed by atoms with van der Waals surface area (Å²) < 4.78 is 51.7. The van der Waals surface area contributed by atoms with E-state index in [2.05, 4.69) is 10.3 Å². The number of hydrogen-bond acceptors (Lipinski definition) is 5. The van der Waals surface area contributed by atoms with Gasteiger partial charge in [-0.1, -0.05) is 24.3 Å². The SMILES string of the molecule is O=C(CC1C(=O)N(Cc2ccc3c(c2)OCO3)c2nc3ccccc3n21)Nc1cccc(C(F)(F)F)c1.